The van der Waals surface area contributed by atoms with Crippen LogP contribution in [0.1, 0.15) is 0 Å². The molecule has 0 fully saturated rings. The van der Waals surface area contributed by atoms with Crippen molar-refractivity contribution in [3.63, 3.8) is 0 Å². The van der Waals surface area contributed by atoms with Gasteiger partial charge in [-0.05, 0) is 18.2 Å². The van der Waals surface area contributed by atoms with E-state index in [9.17, 15) is 0 Å². The summed E-state index contributed by atoms with van der Waals surface area (Å²) < 4.78 is 0. The van der Waals surface area contributed by atoms with Crippen molar-refractivity contribution in [2.75, 3.05) is 5.32 Å². The summed E-state index contributed by atoms with van der Waals surface area (Å²) in [6.07, 6.45) is 1.31. The third kappa shape index (κ3) is 3.28. The van der Waals surface area contributed by atoms with E-state index in [4.69, 9.17) is 33.7 Å². The van der Waals surface area contributed by atoms with Crippen LogP contribution in [0.4, 0.5) is 5.13 Å². The van der Waals surface area contributed by atoms with Gasteiger partial charge in [0.05, 0.1) is 10.7 Å². The zero-order chi connectivity index (χ0) is 14.5. The van der Waals surface area contributed by atoms with Crippen LogP contribution in [0.3, 0.4) is 0 Å². The predicted molar refractivity (Wildman–Crippen MR) is 80.5 cm³/mol. The van der Waals surface area contributed by atoms with Gasteiger partial charge in [0, 0.05) is 22.2 Å². The van der Waals surface area contributed by atoms with Gasteiger partial charge in [-0.25, -0.2) is 4.98 Å². The minimum absolute atomic E-state index is 0.0220. The number of benzene rings is 1. The van der Waals surface area contributed by atoms with Gasteiger partial charge in [-0.1, -0.05) is 23.2 Å². The number of allylic oxidation sites excluding steroid dienone is 1. The number of rotatable bonds is 3. The second kappa shape index (κ2) is 6.40. The Labute approximate surface area is 129 Å². The number of nitrogens with one attached hydrogen (secondary N) is 1. The van der Waals surface area contributed by atoms with Gasteiger partial charge < -0.3 is 5.32 Å². The molecule has 2 rings (SSSR count). The Balaban J connectivity index is 2.24. The lowest BCUT2D eigenvalue weighted by molar-refractivity contribution is 1.37. The normalized spacial score (nSPS) is 9.40. The first-order valence-electron chi connectivity index (χ1n) is 5.32. The Morgan fingerprint density at radius 3 is 2.70 bits per heavy atom. The summed E-state index contributed by atoms with van der Waals surface area (Å²) in [5.41, 5.74) is 1.44. The van der Waals surface area contributed by atoms with Gasteiger partial charge in [0.1, 0.15) is 17.7 Å². The van der Waals surface area contributed by atoms with Crippen LogP contribution in [-0.4, -0.2) is 4.98 Å². The molecule has 0 radical (unpaired) electrons. The van der Waals surface area contributed by atoms with Crippen LogP contribution < -0.4 is 5.32 Å². The van der Waals surface area contributed by atoms with Crippen LogP contribution in [-0.2, 0) is 0 Å². The Morgan fingerprint density at radius 2 is 2.05 bits per heavy atom. The van der Waals surface area contributed by atoms with Crippen molar-refractivity contribution >= 4 is 39.7 Å². The number of hydrogen-bond acceptors (Lipinski definition) is 5. The maximum atomic E-state index is 8.62. The molecule has 0 saturated carbocycles. The SMILES string of the molecule is N#CC(C#N)=CNc1nc(-c2ccc(Cl)cc2Cl)cs1. The Morgan fingerprint density at radius 1 is 1.30 bits per heavy atom. The molecular formula is C13H6Cl2N4S. The molecule has 0 aliphatic rings. The van der Waals surface area contributed by atoms with Crippen molar-refractivity contribution in [1.29, 1.82) is 10.5 Å². The highest BCUT2D eigenvalue weighted by molar-refractivity contribution is 7.14. The maximum absolute atomic E-state index is 8.62. The second-order valence-corrected chi connectivity index (χ2v) is 5.29. The third-order valence-corrected chi connectivity index (χ3v) is 3.61. The summed E-state index contributed by atoms with van der Waals surface area (Å²) in [7, 11) is 0. The first-order chi connectivity index (χ1) is 9.63. The molecule has 4 nitrogen and oxygen atoms in total. The van der Waals surface area contributed by atoms with E-state index in [-0.39, 0.29) is 5.57 Å². The molecule has 0 unspecified atom stereocenters. The molecule has 0 bridgehead atoms. The zero-order valence-electron chi connectivity index (χ0n) is 9.89. The highest BCUT2D eigenvalue weighted by Gasteiger charge is 2.08. The lowest BCUT2D eigenvalue weighted by Gasteiger charge is -2.00. The summed E-state index contributed by atoms with van der Waals surface area (Å²) in [6.45, 7) is 0. The summed E-state index contributed by atoms with van der Waals surface area (Å²) in [6, 6.07) is 8.68. The average molecular weight is 321 g/mol. The number of thiazole rings is 1. The van der Waals surface area contributed by atoms with Gasteiger partial charge in [-0.2, -0.15) is 10.5 Å². The summed E-state index contributed by atoms with van der Waals surface area (Å²) in [4.78, 5) is 4.33. The average Bonchev–Trinajstić information content (AvgIpc) is 2.88. The molecule has 0 amide bonds. The molecule has 7 heteroatoms. The Kier molecular flexibility index (Phi) is 4.60. The van der Waals surface area contributed by atoms with Crippen molar-refractivity contribution in [2.45, 2.75) is 0 Å². The molecule has 0 spiro atoms. The van der Waals surface area contributed by atoms with E-state index in [2.05, 4.69) is 10.3 Å². The number of hydrogen-bond donors (Lipinski definition) is 1. The van der Waals surface area contributed by atoms with Crippen LogP contribution in [0.15, 0.2) is 35.4 Å². The minimum Gasteiger partial charge on any atom is -0.336 e. The van der Waals surface area contributed by atoms with Gasteiger partial charge in [-0.15, -0.1) is 11.3 Å². The van der Waals surface area contributed by atoms with Crippen LogP contribution in [0, 0.1) is 22.7 Å². The molecular weight excluding hydrogens is 315 g/mol. The van der Waals surface area contributed by atoms with Crippen LogP contribution in [0.2, 0.25) is 10.0 Å². The zero-order valence-corrected chi connectivity index (χ0v) is 12.2. The van der Waals surface area contributed by atoms with E-state index in [1.807, 2.05) is 5.38 Å². The first kappa shape index (κ1) is 14.4. The second-order valence-electron chi connectivity index (χ2n) is 3.59. The lowest BCUT2D eigenvalue weighted by atomic mass is 10.2. The molecule has 1 N–H and O–H groups in total. The third-order valence-electron chi connectivity index (χ3n) is 2.29. The molecule has 0 aliphatic carbocycles. The topological polar surface area (TPSA) is 72.5 Å². The maximum Gasteiger partial charge on any atom is 0.187 e. The highest BCUT2D eigenvalue weighted by Crippen LogP contribution is 2.32. The van der Waals surface area contributed by atoms with E-state index in [0.29, 0.717) is 20.9 Å². The molecule has 0 atom stereocenters. The molecule has 0 aliphatic heterocycles. The minimum atomic E-state index is -0.0220. The van der Waals surface area contributed by atoms with Gasteiger partial charge >= 0.3 is 0 Å². The van der Waals surface area contributed by atoms with E-state index < -0.39 is 0 Å². The number of nitriles is 2. The summed E-state index contributed by atoms with van der Waals surface area (Å²) in [5.74, 6) is 0. The smallest absolute Gasteiger partial charge is 0.187 e. The molecule has 1 aromatic carbocycles. The Bertz CT molecular complexity index is 736. The van der Waals surface area contributed by atoms with Crippen molar-refractivity contribution in [2.24, 2.45) is 0 Å². The number of halogens is 2. The number of aromatic nitrogens is 1. The monoisotopic (exact) mass is 320 g/mol. The molecule has 2 aromatic rings. The fourth-order valence-corrected chi connectivity index (χ4v) is 2.57. The number of nitrogens with zero attached hydrogens (tertiary/aromatic N) is 3. The lowest BCUT2D eigenvalue weighted by Crippen LogP contribution is -1.89. The summed E-state index contributed by atoms with van der Waals surface area (Å²) in [5, 5.41) is 23.5. The van der Waals surface area contributed by atoms with Gasteiger partial charge in [0.2, 0.25) is 0 Å². The van der Waals surface area contributed by atoms with E-state index in [0.717, 1.165) is 5.56 Å². The predicted octanol–water partition coefficient (Wildman–Crippen LogP) is 4.46. The molecule has 20 heavy (non-hydrogen) atoms. The Hall–Kier alpha value is -2.05. The standard InChI is InChI=1S/C13H6Cl2N4S/c14-9-1-2-10(11(15)3-9)12-7-20-13(19-12)18-6-8(4-16)5-17/h1-3,6-7H,(H,18,19). The fourth-order valence-electron chi connectivity index (χ4n) is 1.38. The van der Waals surface area contributed by atoms with Crippen molar-refractivity contribution < 1.29 is 0 Å². The number of anilines is 1. The van der Waals surface area contributed by atoms with Crippen molar-refractivity contribution in [3.8, 4) is 23.4 Å². The van der Waals surface area contributed by atoms with E-state index >= 15 is 0 Å². The van der Waals surface area contributed by atoms with Crippen LogP contribution in [0.5, 0.6) is 0 Å². The van der Waals surface area contributed by atoms with Crippen LogP contribution in [0.25, 0.3) is 11.3 Å². The molecule has 98 valence electrons. The highest BCUT2D eigenvalue weighted by atomic mass is 35.5. The fraction of sp³-hybridized carbons (Fsp3) is 0. The molecule has 1 aromatic heterocycles. The van der Waals surface area contributed by atoms with Crippen molar-refractivity contribution in [1.82, 2.24) is 4.98 Å². The van der Waals surface area contributed by atoms with Crippen LogP contribution >= 0.6 is 34.5 Å². The first-order valence-corrected chi connectivity index (χ1v) is 6.95. The molecule has 0 saturated heterocycles. The molecule has 1 heterocycles. The van der Waals surface area contributed by atoms with Crippen molar-refractivity contribution in [3.05, 3.63) is 45.4 Å². The van der Waals surface area contributed by atoms with Gasteiger partial charge in [-0.3, -0.25) is 0 Å². The largest absolute Gasteiger partial charge is 0.336 e. The quantitative estimate of drug-likeness (QED) is 0.847. The van der Waals surface area contributed by atoms with Gasteiger partial charge in [0.15, 0.2) is 5.13 Å². The van der Waals surface area contributed by atoms with Gasteiger partial charge in [0.25, 0.3) is 0 Å². The summed E-state index contributed by atoms with van der Waals surface area (Å²) >= 11 is 13.3. The van der Waals surface area contributed by atoms with E-state index in [1.54, 1.807) is 30.3 Å². The van der Waals surface area contributed by atoms with E-state index in [1.165, 1.54) is 17.5 Å².